The quantitative estimate of drug-likeness (QED) is 0.725. The summed E-state index contributed by atoms with van der Waals surface area (Å²) in [5, 5.41) is 6.71. The Bertz CT molecular complexity index is 423. The van der Waals surface area contributed by atoms with Gasteiger partial charge < -0.3 is 9.64 Å². The van der Waals surface area contributed by atoms with Crippen molar-refractivity contribution in [3.05, 3.63) is 0 Å². The number of nitrogens with zero attached hydrogens (tertiary/aromatic N) is 3. The van der Waals surface area contributed by atoms with Crippen LogP contribution >= 0.6 is 0 Å². The Labute approximate surface area is 142 Å². The minimum Gasteiger partial charge on any atom is -0.347 e. The summed E-state index contributed by atoms with van der Waals surface area (Å²) < 4.78 is 6.32. The molecule has 2 heterocycles. The van der Waals surface area contributed by atoms with Gasteiger partial charge in [0, 0.05) is 19.6 Å². The summed E-state index contributed by atoms with van der Waals surface area (Å²) in [7, 11) is 2.28. The number of rotatable bonds is 5. The summed E-state index contributed by atoms with van der Waals surface area (Å²) in [6, 6.07) is 0. The van der Waals surface area contributed by atoms with Crippen molar-refractivity contribution in [2.24, 2.45) is 22.9 Å². The monoisotopic (exact) mass is 321 g/mol. The van der Waals surface area contributed by atoms with Crippen molar-refractivity contribution in [2.75, 3.05) is 26.7 Å². The standard InChI is InChI=1S/C19H35N3O/c1-14(2)18-19-22(20-18)11-10-17(23-19)13-21(4)12-16-9-7-5-6-8-15(16)3/h14-17,19H,5-13H2,1-4H3/t15?,16?,17-,19?/m1/s1. The zero-order valence-corrected chi connectivity index (χ0v) is 15.5. The normalized spacial score (nSPS) is 34.9. The molecule has 23 heavy (non-hydrogen) atoms. The van der Waals surface area contributed by atoms with E-state index in [1.54, 1.807) is 0 Å². The molecular weight excluding hydrogens is 286 g/mol. The highest BCUT2D eigenvalue weighted by Crippen LogP contribution is 2.30. The first-order chi connectivity index (χ1) is 11.0. The Morgan fingerprint density at radius 2 is 1.96 bits per heavy atom. The summed E-state index contributed by atoms with van der Waals surface area (Å²) in [5.41, 5.74) is 1.23. The molecule has 1 saturated heterocycles. The molecule has 4 nitrogen and oxygen atoms in total. The predicted octanol–water partition coefficient (Wildman–Crippen LogP) is 3.58. The van der Waals surface area contributed by atoms with Crippen LogP contribution in [0.15, 0.2) is 5.10 Å². The first kappa shape index (κ1) is 17.2. The van der Waals surface area contributed by atoms with E-state index < -0.39 is 0 Å². The van der Waals surface area contributed by atoms with Gasteiger partial charge in [0.1, 0.15) is 0 Å². The van der Waals surface area contributed by atoms with E-state index in [9.17, 15) is 0 Å². The minimum absolute atomic E-state index is 0.166. The lowest BCUT2D eigenvalue weighted by molar-refractivity contribution is -0.131. The van der Waals surface area contributed by atoms with Crippen molar-refractivity contribution < 1.29 is 4.74 Å². The van der Waals surface area contributed by atoms with Gasteiger partial charge in [-0.3, -0.25) is 5.01 Å². The van der Waals surface area contributed by atoms with Crippen molar-refractivity contribution in [3.8, 4) is 0 Å². The third-order valence-electron chi connectivity index (χ3n) is 5.96. The topological polar surface area (TPSA) is 28.1 Å². The number of hydrogen-bond donors (Lipinski definition) is 0. The molecule has 0 spiro atoms. The van der Waals surface area contributed by atoms with Crippen LogP contribution in [-0.2, 0) is 4.74 Å². The summed E-state index contributed by atoms with van der Waals surface area (Å²) in [6.07, 6.45) is 8.77. The van der Waals surface area contributed by atoms with Crippen molar-refractivity contribution in [2.45, 2.75) is 71.6 Å². The first-order valence-electron chi connectivity index (χ1n) is 9.73. The molecule has 4 heteroatoms. The van der Waals surface area contributed by atoms with E-state index in [2.05, 4.69) is 42.8 Å². The van der Waals surface area contributed by atoms with E-state index >= 15 is 0 Å². The van der Waals surface area contributed by atoms with Crippen LogP contribution in [0.2, 0.25) is 0 Å². The van der Waals surface area contributed by atoms with Crippen LogP contribution in [0.3, 0.4) is 0 Å². The Balaban J connectivity index is 1.47. The molecule has 0 radical (unpaired) electrons. The summed E-state index contributed by atoms with van der Waals surface area (Å²) in [6.45, 7) is 10.2. The Kier molecular flexibility index (Phi) is 5.63. The maximum Gasteiger partial charge on any atom is 0.186 e. The number of ether oxygens (including phenoxy) is 1. The number of likely N-dealkylation sites (N-methyl/N-ethyl adjacent to an activating group) is 1. The number of hydrazone groups is 1. The Morgan fingerprint density at radius 3 is 2.74 bits per heavy atom. The highest BCUT2D eigenvalue weighted by molar-refractivity contribution is 5.93. The van der Waals surface area contributed by atoms with Crippen LogP contribution in [0.25, 0.3) is 0 Å². The lowest BCUT2D eigenvalue weighted by Crippen LogP contribution is -2.58. The summed E-state index contributed by atoms with van der Waals surface area (Å²) in [5.74, 6) is 2.26. The fourth-order valence-corrected chi connectivity index (χ4v) is 4.38. The first-order valence-corrected chi connectivity index (χ1v) is 9.73. The van der Waals surface area contributed by atoms with Crippen molar-refractivity contribution in [3.63, 3.8) is 0 Å². The molecule has 132 valence electrons. The lowest BCUT2D eigenvalue weighted by atomic mass is 9.89. The van der Waals surface area contributed by atoms with Crippen molar-refractivity contribution >= 4 is 5.71 Å². The van der Waals surface area contributed by atoms with Gasteiger partial charge in [-0.25, -0.2) is 0 Å². The molecule has 2 fully saturated rings. The zero-order valence-electron chi connectivity index (χ0n) is 15.5. The van der Waals surface area contributed by atoms with Gasteiger partial charge in [0.25, 0.3) is 0 Å². The lowest BCUT2D eigenvalue weighted by Gasteiger charge is -2.46. The fourth-order valence-electron chi connectivity index (χ4n) is 4.38. The van der Waals surface area contributed by atoms with E-state index in [0.717, 1.165) is 31.3 Å². The second kappa shape index (κ2) is 7.52. The van der Waals surface area contributed by atoms with Gasteiger partial charge in [0.2, 0.25) is 0 Å². The van der Waals surface area contributed by atoms with Crippen LogP contribution in [0.5, 0.6) is 0 Å². The van der Waals surface area contributed by atoms with Crippen molar-refractivity contribution in [1.29, 1.82) is 0 Å². The van der Waals surface area contributed by atoms with Gasteiger partial charge in [0.15, 0.2) is 6.23 Å². The third kappa shape index (κ3) is 4.08. The van der Waals surface area contributed by atoms with Crippen LogP contribution in [0, 0.1) is 17.8 Å². The summed E-state index contributed by atoms with van der Waals surface area (Å²) in [4.78, 5) is 2.53. The number of hydrogen-bond acceptors (Lipinski definition) is 4. The molecule has 0 amide bonds. The Morgan fingerprint density at radius 1 is 1.17 bits per heavy atom. The molecule has 0 aromatic heterocycles. The second-order valence-corrected chi connectivity index (χ2v) is 8.34. The highest BCUT2D eigenvalue weighted by atomic mass is 16.5. The molecule has 4 atom stereocenters. The van der Waals surface area contributed by atoms with Crippen LogP contribution in [-0.4, -0.2) is 54.6 Å². The molecule has 0 bridgehead atoms. The average molecular weight is 322 g/mol. The van der Waals surface area contributed by atoms with Gasteiger partial charge in [-0.1, -0.05) is 46.5 Å². The van der Waals surface area contributed by atoms with Crippen LogP contribution in [0.1, 0.15) is 59.3 Å². The van der Waals surface area contributed by atoms with Crippen LogP contribution < -0.4 is 0 Å². The van der Waals surface area contributed by atoms with Gasteiger partial charge in [-0.05, 0) is 37.6 Å². The van der Waals surface area contributed by atoms with E-state index in [1.165, 1.54) is 44.4 Å². The van der Waals surface area contributed by atoms with Gasteiger partial charge in [-0.2, -0.15) is 5.10 Å². The molecule has 0 aromatic rings. The van der Waals surface area contributed by atoms with E-state index in [0.29, 0.717) is 12.0 Å². The van der Waals surface area contributed by atoms with Gasteiger partial charge in [0.05, 0.1) is 11.8 Å². The minimum atomic E-state index is 0.166. The van der Waals surface area contributed by atoms with Gasteiger partial charge >= 0.3 is 0 Å². The third-order valence-corrected chi connectivity index (χ3v) is 5.96. The molecule has 2 aliphatic heterocycles. The van der Waals surface area contributed by atoms with E-state index in [1.807, 2.05) is 0 Å². The molecule has 1 saturated carbocycles. The molecule has 0 N–H and O–H groups in total. The molecule has 1 aliphatic carbocycles. The fraction of sp³-hybridized carbons (Fsp3) is 0.947. The van der Waals surface area contributed by atoms with E-state index in [-0.39, 0.29) is 6.23 Å². The van der Waals surface area contributed by atoms with Gasteiger partial charge in [-0.15, -0.1) is 0 Å². The molecule has 3 rings (SSSR count). The molecular formula is C19H35N3O. The average Bonchev–Trinajstić information content (AvgIpc) is 2.67. The summed E-state index contributed by atoms with van der Waals surface area (Å²) >= 11 is 0. The molecule has 3 aliphatic rings. The maximum atomic E-state index is 6.32. The SMILES string of the molecule is CC(C)C1=NN2CC[C@H](CN(C)CC3CCCCCC3C)OC12. The van der Waals surface area contributed by atoms with E-state index in [4.69, 9.17) is 4.74 Å². The number of fused-ring (bicyclic) bond motifs is 1. The molecule has 0 aromatic carbocycles. The zero-order chi connectivity index (χ0) is 16.4. The maximum absolute atomic E-state index is 6.32. The smallest absolute Gasteiger partial charge is 0.186 e. The predicted molar refractivity (Wildman–Crippen MR) is 95.5 cm³/mol. The second-order valence-electron chi connectivity index (χ2n) is 8.34. The van der Waals surface area contributed by atoms with Crippen LogP contribution in [0.4, 0.5) is 0 Å². The largest absolute Gasteiger partial charge is 0.347 e. The molecule has 3 unspecified atom stereocenters. The highest BCUT2D eigenvalue weighted by Gasteiger charge is 2.40. The van der Waals surface area contributed by atoms with Crippen molar-refractivity contribution in [1.82, 2.24) is 9.91 Å². The Hall–Kier alpha value is -0.610.